The minimum atomic E-state index is 0. The molecular formula is C4H10ArN2. The van der Waals surface area contributed by atoms with Gasteiger partial charge in [-0.3, -0.25) is 0 Å². The molecule has 1 saturated heterocycles. The molecule has 7 heavy (non-hydrogen) atoms. The summed E-state index contributed by atoms with van der Waals surface area (Å²) in [4.78, 5) is 0. The second-order valence-electron chi connectivity index (χ2n) is 1.50. The standard InChI is InChI=1S/C4H10N2.Ar/c1-2-6-4-3-5-1;/h5-6H,1-4H2;. The van der Waals surface area contributed by atoms with Gasteiger partial charge in [-0.25, -0.2) is 0 Å². The fourth-order valence-corrected chi connectivity index (χ4v) is 0.604. The maximum atomic E-state index is 3.22. The molecule has 0 radical (unpaired) electrons. The van der Waals surface area contributed by atoms with Crippen molar-refractivity contribution in [1.82, 2.24) is 10.6 Å². The van der Waals surface area contributed by atoms with Crippen molar-refractivity contribution in [2.75, 3.05) is 26.2 Å². The van der Waals surface area contributed by atoms with E-state index in [0.29, 0.717) is 0 Å². The van der Waals surface area contributed by atoms with Gasteiger partial charge in [0.2, 0.25) is 0 Å². The van der Waals surface area contributed by atoms with Gasteiger partial charge >= 0.3 is 0 Å². The molecule has 44 valence electrons. The second-order valence-corrected chi connectivity index (χ2v) is 1.50. The number of piperazine rings is 1. The molecule has 2 N–H and O–H groups in total. The van der Waals surface area contributed by atoms with Crippen molar-refractivity contribution in [2.45, 2.75) is 0 Å². The normalized spacial score (nSPS) is 20.6. The molecule has 1 aliphatic heterocycles. The van der Waals surface area contributed by atoms with Gasteiger partial charge in [0.15, 0.2) is 0 Å². The van der Waals surface area contributed by atoms with Crippen LogP contribution in [-0.2, 0) is 0 Å². The van der Waals surface area contributed by atoms with Crippen molar-refractivity contribution < 1.29 is 37.7 Å². The van der Waals surface area contributed by atoms with Gasteiger partial charge in [-0.1, -0.05) is 0 Å². The number of hydrogen-bond donors (Lipinski definition) is 2. The summed E-state index contributed by atoms with van der Waals surface area (Å²) in [5.74, 6) is 0. The van der Waals surface area contributed by atoms with Crippen molar-refractivity contribution in [2.24, 2.45) is 0 Å². The Morgan fingerprint density at radius 2 is 1.00 bits per heavy atom. The average molecular weight is 126 g/mol. The van der Waals surface area contributed by atoms with Crippen molar-refractivity contribution in [1.29, 1.82) is 0 Å². The summed E-state index contributed by atoms with van der Waals surface area (Å²) in [5.41, 5.74) is 0. The van der Waals surface area contributed by atoms with E-state index in [2.05, 4.69) is 10.6 Å². The van der Waals surface area contributed by atoms with Crippen LogP contribution in [0.2, 0.25) is 0 Å². The van der Waals surface area contributed by atoms with E-state index in [4.69, 9.17) is 0 Å². The van der Waals surface area contributed by atoms with Crippen LogP contribution in [0.5, 0.6) is 0 Å². The van der Waals surface area contributed by atoms with Crippen LogP contribution in [0.25, 0.3) is 0 Å². The molecule has 0 saturated carbocycles. The Labute approximate surface area is 74.0 Å². The van der Waals surface area contributed by atoms with Crippen LogP contribution in [0.4, 0.5) is 0 Å². The Hall–Kier alpha value is 1.18. The summed E-state index contributed by atoms with van der Waals surface area (Å²) in [6, 6.07) is 0. The molecule has 0 unspecified atom stereocenters. The van der Waals surface area contributed by atoms with Crippen molar-refractivity contribution in [3.05, 3.63) is 0 Å². The summed E-state index contributed by atoms with van der Waals surface area (Å²) in [7, 11) is 0. The van der Waals surface area contributed by atoms with Crippen LogP contribution in [0, 0.1) is 37.7 Å². The summed E-state index contributed by atoms with van der Waals surface area (Å²) in [6.45, 7) is 4.56. The third-order valence-electron chi connectivity index (χ3n) is 0.957. The number of hydrogen-bond acceptors (Lipinski definition) is 2. The van der Waals surface area contributed by atoms with Crippen LogP contribution < -0.4 is 10.6 Å². The van der Waals surface area contributed by atoms with Crippen LogP contribution in [0.3, 0.4) is 0 Å². The zero-order chi connectivity index (χ0) is 4.24. The van der Waals surface area contributed by atoms with Crippen LogP contribution >= 0.6 is 0 Å². The monoisotopic (exact) mass is 126 g/mol. The Kier molecular flexibility index (Phi) is 6.22. The van der Waals surface area contributed by atoms with Gasteiger partial charge < -0.3 is 10.6 Å². The van der Waals surface area contributed by atoms with Gasteiger partial charge in [0.25, 0.3) is 0 Å². The predicted molar refractivity (Wildman–Crippen MR) is 25.7 cm³/mol. The quantitative estimate of drug-likeness (QED) is 0.443. The van der Waals surface area contributed by atoms with Gasteiger partial charge in [0.05, 0.1) is 0 Å². The summed E-state index contributed by atoms with van der Waals surface area (Å²) >= 11 is 0. The van der Waals surface area contributed by atoms with Crippen molar-refractivity contribution >= 4 is 0 Å². The first-order valence-corrected chi connectivity index (χ1v) is 2.41. The summed E-state index contributed by atoms with van der Waals surface area (Å²) in [6.07, 6.45) is 0. The zero-order valence-corrected chi connectivity index (χ0v) is 4.89. The molecular weight excluding hydrogens is 116 g/mol. The Morgan fingerprint density at radius 1 is 0.714 bits per heavy atom. The number of nitrogens with one attached hydrogen (secondary N) is 2. The molecule has 2 nitrogen and oxygen atoms in total. The summed E-state index contributed by atoms with van der Waals surface area (Å²) < 4.78 is 0. The predicted octanol–water partition coefficient (Wildman–Crippen LogP) is -0.821. The molecule has 0 spiro atoms. The van der Waals surface area contributed by atoms with Gasteiger partial charge in [-0.2, -0.15) is 0 Å². The Balaban J connectivity index is 0.000000360. The van der Waals surface area contributed by atoms with E-state index in [1.165, 1.54) is 0 Å². The van der Waals surface area contributed by atoms with Gasteiger partial charge in [-0.15, -0.1) is 0 Å². The van der Waals surface area contributed by atoms with E-state index in [1.54, 1.807) is 0 Å². The van der Waals surface area contributed by atoms with E-state index in [0.717, 1.165) is 26.2 Å². The van der Waals surface area contributed by atoms with Crippen LogP contribution in [0.15, 0.2) is 0 Å². The van der Waals surface area contributed by atoms with Crippen LogP contribution in [-0.4, -0.2) is 26.2 Å². The average Bonchev–Trinajstić information content (AvgIpc) is 1.72. The van der Waals surface area contributed by atoms with Gasteiger partial charge in [0.1, 0.15) is 0 Å². The summed E-state index contributed by atoms with van der Waals surface area (Å²) in [5, 5.41) is 6.44. The molecule has 0 aromatic heterocycles. The number of rotatable bonds is 0. The molecule has 0 aromatic rings. The second kappa shape index (κ2) is 5.32. The SMILES string of the molecule is C1CNCCN1.[Ar]. The molecule has 1 heterocycles. The zero-order valence-electron chi connectivity index (χ0n) is 4.18. The molecule has 0 amide bonds. The molecule has 1 fully saturated rings. The molecule has 0 aliphatic carbocycles. The molecule has 1 aliphatic rings. The van der Waals surface area contributed by atoms with E-state index < -0.39 is 0 Å². The smallest absolute Gasteiger partial charge is 0.00772 e. The maximum Gasteiger partial charge on any atom is 0.00772 e. The third-order valence-corrected chi connectivity index (χ3v) is 0.957. The van der Waals surface area contributed by atoms with E-state index in [-0.39, 0.29) is 37.7 Å². The van der Waals surface area contributed by atoms with Gasteiger partial charge in [-0.05, 0) is 0 Å². The molecule has 0 aromatic carbocycles. The fourth-order valence-electron chi connectivity index (χ4n) is 0.604. The Bertz CT molecular complexity index is 25.2. The van der Waals surface area contributed by atoms with Crippen LogP contribution in [0.1, 0.15) is 0 Å². The molecule has 3 heteroatoms. The minimum Gasteiger partial charge on any atom is -0.314 e. The van der Waals surface area contributed by atoms with Gasteiger partial charge in [0, 0.05) is 63.9 Å². The fraction of sp³-hybridized carbons (Fsp3) is 1.00. The molecule has 0 bridgehead atoms. The topological polar surface area (TPSA) is 24.1 Å². The first-order chi connectivity index (χ1) is 3.00. The molecule has 0 atom stereocenters. The van der Waals surface area contributed by atoms with Crippen molar-refractivity contribution in [3.8, 4) is 0 Å². The Morgan fingerprint density at radius 3 is 1.14 bits per heavy atom. The van der Waals surface area contributed by atoms with E-state index in [9.17, 15) is 0 Å². The molecule has 1 rings (SSSR count). The van der Waals surface area contributed by atoms with Crippen molar-refractivity contribution in [3.63, 3.8) is 0 Å². The third kappa shape index (κ3) is 3.74. The van der Waals surface area contributed by atoms with E-state index >= 15 is 0 Å². The minimum absolute atomic E-state index is 0. The maximum absolute atomic E-state index is 3.22. The largest absolute Gasteiger partial charge is 0.314 e. The first kappa shape index (κ1) is 8.18. The van der Waals surface area contributed by atoms with E-state index in [1.807, 2.05) is 0 Å². The first-order valence-electron chi connectivity index (χ1n) is 2.41.